The molecule has 0 atom stereocenters. The normalized spacial score (nSPS) is 10.8. The molecule has 1 aromatic heterocycles. The summed E-state index contributed by atoms with van der Waals surface area (Å²) in [5, 5.41) is 9.64. The van der Waals surface area contributed by atoms with Crippen molar-refractivity contribution in [2.45, 2.75) is 50.6 Å². The Morgan fingerprint density at radius 3 is 2.53 bits per heavy atom. The zero-order chi connectivity index (χ0) is 21.0. The molecule has 0 unspecified atom stereocenters. The first-order valence-corrected chi connectivity index (χ1v) is 11.8. The molecule has 0 saturated heterocycles. The molecule has 0 radical (unpaired) electrons. The second-order valence-electron chi connectivity index (χ2n) is 7.20. The van der Waals surface area contributed by atoms with E-state index in [2.05, 4.69) is 57.3 Å². The molecule has 0 saturated carbocycles. The quantitative estimate of drug-likeness (QED) is 0.179. The zero-order valence-corrected chi connectivity index (χ0v) is 18.5. The molecule has 0 aliphatic heterocycles. The predicted octanol–water partition coefficient (Wildman–Crippen LogP) is 6.82. The predicted molar refractivity (Wildman–Crippen MR) is 130 cm³/mol. The van der Waals surface area contributed by atoms with Crippen molar-refractivity contribution in [1.82, 2.24) is 15.0 Å². The second kappa shape index (κ2) is 12.2. The maximum atomic E-state index is 4.65. The number of hydrogen-bond acceptors (Lipinski definition) is 6. The lowest BCUT2D eigenvalue weighted by Crippen LogP contribution is -2.08. The Kier molecular flexibility index (Phi) is 8.97. The van der Waals surface area contributed by atoms with Gasteiger partial charge in [-0.3, -0.25) is 0 Å². The summed E-state index contributed by atoms with van der Waals surface area (Å²) in [7, 11) is 0. The Balaban J connectivity index is 1.69. The summed E-state index contributed by atoms with van der Waals surface area (Å²) >= 11 is 1.69. The van der Waals surface area contributed by atoms with E-state index >= 15 is 0 Å². The third-order valence-corrected chi connectivity index (χ3v) is 5.72. The fourth-order valence-electron chi connectivity index (χ4n) is 3.22. The summed E-state index contributed by atoms with van der Waals surface area (Å²) < 4.78 is 0. The van der Waals surface area contributed by atoms with Crippen LogP contribution in [0.2, 0.25) is 0 Å². The lowest BCUT2D eigenvalue weighted by atomic mass is 10.1. The molecule has 158 valence electrons. The number of nitrogens with zero attached hydrogens (tertiary/aromatic N) is 3. The molecule has 2 aromatic carbocycles. The van der Waals surface area contributed by atoms with Crippen LogP contribution in [-0.4, -0.2) is 27.2 Å². The molecule has 0 aliphatic rings. The van der Waals surface area contributed by atoms with Gasteiger partial charge >= 0.3 is 0 Å². The van der Waals surface area contributed by atoms with Gasteiger partial charge in [-0.05, 0) is 17.9 Å². The van der Waals surface area contributed by atoms with Gasteiger partial charge in [0.1, 0.15) is 0 Å². The summed E-state index contributed by atoms with van der Waals surface area (Å²) in [4.78, 5) is 13.8. The van der Waals surface area contributed by atoms with Crippen LogP contribution in [0, 0.1) is 0 Å². The topological polar surface area (TPSA) is 62.7 Å². The van der Waals surface area contributed by atoms with E-state index in [4.69, 9.17) is 0 Å². The Labute approximate surface area is 183 Å². The highest BCUT2D eigenvalue weighted by atomic mass is 32.2. The summed E-state index contributed by atoms with van der Waals surface area (Å²) in [5.41, 5.74) is 0.987. The van der Waals surface area contributed by atoms with Crippen molar-refractivity contribution in [3.63, 3.8) is 0 Å². The minimum Gasteiger partial charge on any atom is -0.351 e. The fraction of sp³-hybridized carbons (Fsp3) is 0.375. The number of benzene rings is 2. The Morgan fingerprint density at radius 2 is 1.67 bits per heavy atom. The monoisotopic (exact) mass is 421 g/mol. The molecular weight excluding hydrogens is 390 g/mol. The van der Waals surface area contributed by atoms with Gasteiger partial charge in [0.15, 0.2) is 5.16 Å². The van der Waals surface area contributed by atoms with Crippen molar-refractivity contribution in [2.75, 3.05) is 22.9 Å². The molecule has 3 aromatic rings. The highest BCUT2D eigenvalue weighted by molar-refractivity contribution is 7.99. The number of nitrogens with one attached hydrogen (secondary N) is 2. The third-order valence-electron chi connectivity index (χ3n) is 4.78. The van der Waals surface area contributed by atoms with Crippen LogP contribution in [0.1, 0.15) is 45.4 Å². The first kappa shape index (κ1) is 22.1. The molecule has 6 heteroatoms. The van der Waals surface area contributed by atoms with E-state index in [1.54, 1.807) is 17.8 Å². The van der Waals surface area contributed by atoms with Gasteiger partial charge in [-0.1, -0.05) is 93.3 Å². The van der Waals surface area contributed by atoms with Gasteiger partial charge in [0.25, 0.3) is 0 Å². The SMILES string of the molecule is C=CCNc1nc(Nc2cccc3ccccc23)nc(SCCCCCCCC)n1. The fourth-order valence-corrected chi connectivity index (χ4v) is 4.05. The van der Waals surface area contributed by atoms with E-state index in [9.17, 15) is 0 Å². The van der Waals surface area contributed by atoms with E-state index in [1.165, 1.54) is 43.9 Å². The van der Waals surface area contributed by atoms with E-state index < -0.39 is 0 Å². The zero-order valence-electron chi connectivity index (χ0n) is 17.7. The average molecular weight is 422 g/mol. The summed E-state index contributed by atoms with van der Waals surface area (Å²) in [6, 6.07) is 14.5. The second-order valence-corrected chi connectivity index (χ2v) is 8.26. The highest BCUT2D eigenvalue weighted by Crippen LogP contribution is 2.26. The number of thioether (sulfide) groups is 1. The Bertz CT molecular complexity index is 939. The maximum absolute atomic E-state index is 4.65. The highest BCUT2D eigenvalue weighted by Gasteiger charge is 2.09. The summed E-state index contributed by atoms with van der Waals surface area (Å²) in [6.45, 7) is 6.62. The molecule has 0 spiro atoms. The molecule has 0 bridgehead atoms. The number of fused-ring (bicyclic) bond motifs is 1. The van der Waals surface area contributed by atoms with Gasteiger partial charge in [-0.2, -0.15) is 15.0 Å². The van der Waals surface area contributed by atoms with Crippen LogP contribution in [0.15, 0.2) is 60.3 Å². The van der Waals surface area contributed by atoms with Crippen molar-refractivity contribution < 1.29 is 0 Å². The van der Waals surface area contributed by atoms with Gasteiger partial charge in [-0.15, -0.1) is 6.58 Å². The van der Waals surface area contributed by atoms with Crippen molar-refractivity contribution in [2.24, 2.45) is 0 Å². The molecule has 0 fully saturated rings. The van der Waals surface area contributed by atoms with Crippen LogP contribution in [0.3, 0.4) is 0 Å². The van der Waals surface area contributed by atoms with Crippen LogP contribution < -0.4 is 10.6 Å². The van der Waals surface area contributed by atoms with Crippen LogP contribution in [0.25, 0.3) is 10.8 Å². The van der Waals surface area contributed by atoms with Gasteiger partial charge in [0.05, 0.1) is 0 Å². The van der Waals surface area contributed by atoms with Crippen molar-refractivity contribution in [3.8, 4) is 0 Å². The lowest BCUT2D eigenvalue weighted by molar-refractivity contribution is 0.627. The largest absolute Gasteiger partial charge is 0.351 e. The van der Waals surface area contributed by atoms with E-state index in [0.29, 0.717) is 18.4 Å². The average Bonchev–Trinajstić information content (AvgIpc) is 2.77. The van der Waals surface area contributed by atoms with Gasteiger partial charge in [-0.25, -0.2) is 0 Å². The molecular formula is C24H31N5S. The molecule has 1 heterocycles. The van der Waals surface area contributed by atoms with Crippen LogP contribution in [-0.2, 0) is 0 Å². The van der Waals surface area contributed by atoms with Crippen molar-refractivity contribution in [3.05, 3.63) is 55.1 Å². The van der Waals surface area contributed by atoms with Crippen LogP contribution >= 0.6 is 11.8 Å². The molecule has 3 rings (SSSR count). The number of rotatable bonds is 13. The number of hydrogen-bond donors (Lipinski definition) is 2. The molecule has 0 aliphatic carbocycles. The Hall–Kier alpha value is -2.60. The van der Waals surface area contributed by atoms with Crippen molar-refractivity contribution >= 4 is 40.1 Å². The van der Waals surface area contributed by atoms with E-state index in [0.717, 1.165) is 22.0 Å². The first-order valence-electron chi connectivity index (χ1n) is 10.8. The standard InChI is InChI=1S/C24H31N5S/c1-3-5-6-7-8-11-18-30-24-28-22(25-17-4-2)27-23(29-24)26-21-16-12-14-19-13-9-10-15-20(19)21/h4,9-10,12-16H,2-3,5-8,11,17-18H2,1H3,(H2,25,26,27,28,29). The summed E-state index contributed by atoms with van der Waals surface area (Å²) in [5.74, 6) is 2.14. The summed E-state index contributed by atoms with van der Waals surface area (Å²) in [6.07, 6.45) is 9.51. The first-order chi connectivity index (χ1) is 14.8. The van der Waals surface area contributed by atoms with Gasteiger partial charge in [0, 0.05) is 23.4 Å². The molecule has 0 amide bonds. The number of unbranched alkanes of at least 4 members (excludes halogenated alkanes) is 5. The maximum Gasteiger partial charge on any atom is 0.233 e. The molecule has 30 heavy (non-hydrogen) atoms. The van der Waals surface area contributed by atoms with Crippen LogP contribution in [0.5, 0.6) is 0 Å². The van der Waals surface area contributed by atoms with E-state index in [1.807, 2.05) is 24.3 Å². The van der Waals surface area contributed by atoms with Crippen LogP contribution in [0.4, 0.5) is 17.6 Å². The Morgan fingerprint density at radius 1 is 0.900 bits per heavy atom. The van der Waals surface area contributed by atoms with Gasteiger partial charge in [0.2, 0.25) is 11.9 Å². The lowest BCUT2D eigenvalue weighted by Gasteiger charge is -2.11. The van der Waals surface area contributed by atoms with Gasteiger partial charge < -0.3 is 10.6 Å². The smallest absolute Gasteiger partial charge is 0.233 e. The van der Waals surface area contributed by atoms with Crippen molar-refractivity contribution in [1.29, 1.82) is 0 Å². The molecule has 2 N–H and O–H groups in total. The number of anilines is 3. The number of aromatic nitrogens is 3. The minimum atomic E-state index is 0.554. The minimum absolute atomic E-state index is 0.554. The van der Waals surface area contributed by atoms with E-state index in [-0.39, 0.29) is 0 Å². The molecule has 5 nitrogen and oxygen atoms in total. The third kappa shape index (κ3) is 6.73.